The molecule has 2 heterocycles. The van der Waals surface area contributed by atoms with Crippen molar-refractivity contribution in [1.82, 2.24) is 14.8 Å². The van der Waals surface area contributed by atoms with Gasteiger partial charge in [-0.15, -0.1) is 0 Å². The molecule has 1 aliphatic rings. The van der Waals surface area contributed by atoms with Crippen LogP contribution in [-0.4, -0.2) is 67.1 Å². The van der Waals surface area contributed by atoms with Gasteiger partial charge in [-0.1, -0.05) is 23.7 Å². The van der Waals surface area contributed by atoms with Crippen molar-refractivity contribution >= 4 is 28.4 Å². The van der Waals surface area contributed by atoms with Crippen LogP contribution in [0.15, 0.2) is 24.3 Å². The van der Waals surface area contributed by atoms with Gasteiger partial charge >= 0.3 is 0 Å². The van der Waals surface area contributed by atoms with E-state index >= 15 is 0 Å². The van der Waals surface area contributed by atoms with E-state index < -0.39 is 0 Å². The monoisotopic (exact) mass is 361 g/mol. The third-order valence-corrected chi connectivity index (χ3v) is 4.94. The van der Waals surface area contributed by atoms with Gasteiger partial charge in [0.15, 0.2) is 0 Å². The van der Waals surface area contributed by atoms with Crippen molar-refractivity contribution in [1.29, 1.82) is 0 Å². The molecule has 3 rings (SSSR count). The quantitative estimate of drug-likeness (QED) is 0.768. The lowest BCUT2D eigenvalue weighted by atomic mass is 10.1. The van der Waals surface area contributed by atoms with E-state index in [4.69, 9.17) is 16.3 Å². The highest BCUT2D eigenvalue weighted by Gasteiger charge is 2.24. The molecule has 1 aliphatic heterocycles. The number of carbonyl (C=O) groups excluding carboxylic acids is 1. The molecule has 6 heteroatoms. The first kappa shape index (κ1) is 18.1. The highest BCUT2D eigenvalue weighted by molar-refractivity contribution is 6.35. The van der Waals surface area contributed by atoms with E-state index in [1.807, 2.05) is 36.1 Å². The molecule has 1 aromatic carbocycles. The minimum absolute atomic E-state index is 0.0642. The molecular formula is C19H24ClN3O2. The van der Waals surface area contributed by atoms with Gasteiger partial charge in [0.05, 0.1) is 16.1 Å². The second-order valence-electron chi connectivity index (χ2n) is 6.43. The second kappa shape index (κ2) is 8.13. The number of benzene rings is 1. The Labute approximate surface area is 153 Å². The van der Waals surface area contributed by atoms with Crippen molar-refractivity contribution in [3.05, 3.63) is 40.5 Å². The number of para-hydroxylation sites is 1. The van der Waals surface area contributed by atoms with E-state index in [0.717, 1.165) is 56.8 Å². The van der Waals surface area contributed by atoms with Gasteiger partial charge in [0.25, 0.3) is 5.91 Å². The van der Waals surface area contributed by atoms with Crippen LogP contribution in [0.25, 0.3) is 10.9 Å². The highest BCUT2D eigenvalue weighted by Crippen LogP contribution is 2.26. The molecule has 134 valence electrons. The molecule has 5 nitrogen and oxygen atoms in total. The normalized spacial score (nSPS) is 15.7. The number of aryl methyl sites for hydroxylation is 1. The Morgan fingerprint density at radius 3 is 2.76 bits per heavy atom. The standard InChI is InChI=1S/C19H24ClN3O2/c1-14-13-16(15-5-3-6-17(20)18(15)21-14)19(24)23-10-8-22(9-11-23)7-4-12-25-2/h3,5-6,13H,4,7-12H2,1-2H3. The van der Waals surface area contributed by atoms with Crippen LogP contribution in [0.5, 0.6) is 0 Å². The van der Waals surface area contributed by atoms with Crippen LogP contribution >= 0.6 is 11.6 Å². The number of ether oxygens (including phenoxy) is 1. The predicted octanol–water partition coefficient (Wildman–Crippen LogP) is 2.99. The van der Waals surface area contributed by atoms with Gasteiger partial charge in [0.1, 0.15) is 0 Å². The Hall–Kier alpha value is -1.69. The van der Waals surface area contributed by atoms with Gasteiger partial charge in [-0.05, 0) is 25.5 Å². The minimum Gasteiger partial charge on any atom is -0.385 e. The van der Waals surface area contributed by atoms with E-state index in [0.29, 0.717) is 16.1 Å². The lowest BCUT2D eigenvalue weighted by Crippen LogP contribution is -2.49. The van der Waals surface area contributed by atoms with Crippen LogP contribution in [0, 0.1) is 6.92 Å². The fourth-order valence-corrected chi connectivity index (χ4v) is 3.51. The average molecular weight is 362 g/mol. The highest BCUT2D eigenvalue weighted by atomic mass is 35.5. The lowest BCUT2D eigenvalue weighted by molar-refractivity contribution is 0.0626. The molecule has 1 saturated heterocycles. The lowest BCUT2D eigenvalue weighted by Gasteiger charge is -2.35. The van der Waals surface area contributed by atoms with E-state index in [-0.39, 0.29) is 5.91 Å². The third-order valence-electron chi connectivity index (χ3n) is 4.63. The third kappa shape index (κ3) is 4.11. The molecule has 0 saturated carbocycles. The Balaban J connectivity index is 1.74. The van der Waals surface area contributed by atoms with Crippen molar-refractivity contribution in [3.8, 4) is 0 Å². The number of hydrogen-bond acceptors (Lipinski definition) is 4. The van der Waals surface area contributed by atoms with Crippen LogP contribution in [0.2, 0.25) is 5.02 Å². The summed E-state index contributed by atoms with van der Waals surface area (Å²) in [5.41, 5.74) is 2.20. The summed E-state index contributed by atoms with van der Waals surface area (Å²) in [7, 11) is 1.73. The first-order valence-electron chi connectivity index (χ1n) is 8.66. The molecule has 1 fully saturated rings. The molecule has 0 N–H and O–H groups in total. The van der Waals surface area contributed by atoms with E-state index in [9.17, 15) is 4.79 Å². The molecule has 0 unspecified atom stereocenters. The van der Waals surface area contributed by atoms with Crippen molar-refractivity contribution in [2.24, 2.45) is 0 Å². The van der Waals surface area contributed by atoms with Crippen molar-refractivity contribution in [2.45, 2.75) is 13.3 Å². The van der Waals surface area contributed by atoms with E-state index in [1.54, 1.807) is 7.11 Å². The predicted molar refractivity (Wildman–Crippen MR) is 100 cm³/mol. The SMILES string of the molecule is COCCCN1CCN(C(=O)c2cc(C)nc3c(Cl)cccc23)CC1. The Morgan fingerprint density at radius 1 is 1.28 bits per heavy atom. The molecule has 1 amide bonds. The summed E-state index contributed by atoms with van der Waals surface area (Å²) in [6, 6.07) is 7.46. The largest absolute Gasteiger partial charge is 0.385 e. The molecule has 0 bridgehead atoms. The van der Waals surface area contributed by atoms with Crippen molar-refractivity contribution in [3.63, 3.8) is 0 Å². The number of pyridine rings is 1. The van der Waals surface area contributed by atoms with Crippen LogP contribution in [-0.2, 0) is 4.74 Å². The molecule has 0 atom stereocenters. The van der Waals surface area contributed by atoms with Crippen LogP contribution in [0.1, 0.15) is 22.5 Å². The summed E-state index contributed by atoms with van der Waals surface area (Å²) < 4.78 is 5.10. The molecule has 0 spiro atoms. The summed E-state index contributed by atoms with van der Waals surface area (Å²) in [5, 5.41) is 1.41. The molecular weight excluding hydrogens is 338 g/mol. The molecule has 25 heavy (non-hydrogen) atoms. The summed E-state index contributed by atoms with van der Waals surface area (Å²) in [5.74, 6) is 0.0642. The van der Waals surface area contributed by atoms with Gasteiger partial charge in [-0.3, -0.25) is 14.7 Å². The minimum atomic E-state index is 0.0642. The van der Waals surface area contributed by atoms with E-state index in [1.165, 1.54) is 0 Å². The van der Waals surface area contributed by atoms with Gasteiger partial charge < -0.3 is 9.64 Å². The zero-order valence-corrected chi connectivity index (χ0v) is 15.6. The van der Waals surface area contributed by atoms with Gasteiger partial charge in [-0.25, -0.2) is 0 Å². The Bertz CT molecular complexity index is 758. The maximum Gasteiger partial charge on any atom is 0.254 e. The fourth-order valence-electron chi connectivity index (χ4n) is 3.30. The number of methoxy groups -OCH3 is 1. The number of piperazine rings is 1. The fraction of sp³-hybridized carbons (Fsp3) is 0.474. The van der Waals surface area contributed by atoms with Crippen molar-refractivity contribution < 1.29 is 9.53 Å². The number of halogens is 1. The molecule has 1 aromatic heterocycles. The maximum atomic E-state index is 13.1. The molecule has 0 radical (unpaired) electrons. The Kier molecular flexibility index (Phi) is 5.89. The smallest absolute Gasteiger partial charge is 0.254 e. The Morgan fingerprint density at radius 2 is 2.04 bits per heavy atom. The molecule has 2 aromatic rings. The van der Waals surface area contributed by atoms with E-state index in [2.05, 4.69) is 9.88 Å². The summed E-state index contributed by atoms with van der Waals surface area (Å²) in [4.78, 5) is 21.9. The summed E-state index contributed by atoms with van der Waals surface area (Å²) in [6.45, 7) is 6.99. The first-order valence-corrected chi connectivity index (χ1v) is 9.04. The topological polar surface area (TPSA) is 45.7 Å². The average Bonchev–Trinajstić information content (AvgIpc) is 2.62. The number of amides is 1. The van der Waals surface area contributed by atoms with Crippen LogP contribution < -0.4 is 0 Å². The summed E-state index contributed by atoms with van der Waals surface area (Å²) in [6.07, 6.45) is 1.02. The summed E-state index contributed by atoms with van der Waals surface area (Å²) >= 11 is 6.27. The zero-order valence-electron chi connectivity index (χ0n) is 14.8. The number of nitrogens with zero attached hydrogens (tertiary/aromatic N) is 3. The second-order valence-corrected chi connectivity index (χ2v) is 6.83. The van der Waals surface area contributed by atoms with Gasteiger partial charge in [0.2, 0.25) is 0 Å². The number of hydrogen-bond donors (Lipinski definition) is 0. The molecule has 0 aliphatic carbocycles. The zero-order chi connectivity index (χ0) is 17.8. The first-order chi connectivity index (χ1) is 12.1. The number of carbonyl (C=O) groups is 1. The van der Waals surface area contributed by atoms with Crippen molar-refractivity contribution in [2.75, 3.05) is 46.4 Å². The number of fused-ring (bicyclic) bond motifs is 1. The number of aromatic nitrogens is 1. The maximum absolute atomic E-state index is 13.1. The van der Waals surface area contributed by atoms with Gasteiger partial charge in [-0.2, -0.15) is 0 Å². The van der Waals surface area contributed by atoms with Gasteiger partial charge in [0, 0.05) is 57.5 Å². The number of rotatable bonds is 5. The van der Waals surface area contributed by atoms with Crippen LogP contribution in [0.3, 0.4) is 0 Å². The van der Waals surface area contributed by atoms with Crippen LogP contribution in [0.4, 0.5) is 0 Å².